The fraction of sp³-hybridized carbons (Fsp3) is 0.478. The number of carbonyl (C=O) groups is 1. The summed E-state index contributed by atoms with van der Waals surface area (Å²) in [6.45, 7) is 3.71. The molecule has 2 N–H and O–H groups in total. The third-order valence-electron chi connectivity index (χ3n) is 5.51. The molecular formula is C23H30N4O3. The van der Waals surface area contributed by atoms with Crippen molar-refractivity contribution >= 4 is 17.6 Å². The van der Waals surface area contributed by atoms with Gasteiger partial charge in [0.2, 0.25) is 5.91 Å². The topological polar surface area (TPSA) is 79.1 Å². The van der Waals surface area contributed by atoms with E-state index in [1.807, 2.05) is 41.3 Å². The molecule has 30 heavy (non-hydrogen) atoms. The van der Waals surface area contributed by atoms with E-state index in [2.05, 4.69) is 10.6 Å². The highest BCUT2D eigenvalue weighted by Gasteiger charge is 2.21. The molecule has 160 valence electrons. The van der Waals surface area contributed by atoms with Gasteiger partial charge in [0.25, 0.3) is 0 Å². The lowest BCUT2D eigenvalue weighted by Gasteiger charge is -2.16. The second-order valence-electron chi connectivity index (χ2n) is 7.75. The Kier molecular flexibility index (Phi) is 7.03. The second kappa shape index (κ2) is 10.3. The van der Waals surface area contributed by atoms with E-state index in [4.69, 9.17) is 14.1 Å². The molecule has 0 spiro atoms. The molecule has 0 bridgehead atoms. The Bertz CT molecular complexity index is 827. The number of rotatable bonds is 8. The van der Waals surface area contributed by atoms with Crippen LogP contribution in [0, 0.1) is 0 Å². The van der Waals surface area contributed by atoms with Gasteiger partial charge in [0.1, 0.15) is 5.76 Å². The Labute approximate surface area is 177 Å². The van der Waals surface area contributed by atoms with Crippen molar-refractivity contribution in [1.29, 1.82) is 0 Å². The molecule has 0 aliphatic carbocycles. The number of furan rings is 1. The van der Waals surface area contributed by atoms with Crippen LogP contribution in [0.1, 0.15) is 37.0 Å². The Morgan fingerprint density at radius 3 is 2.77 bits per heavy atom. The number of benzene rings is 1. The van der Waals surface area contributed by atoms with E-state index in [9.17, 15) is 4.79 Å². The molecule has 7 heteroatoms. The van der Waals surface area contributed by atoms with Crippen molar-refractivity contribution < 1.29 is 13.9 Å². The zero-order valence-corrected chi connectivity index (χ0v) is 17.3. The number of guanidine groups is 1. The van der Waals surface area contributed by atoms with Gasteiger partial charge in [0.15, 0.2) is 5.96 Å². The molecule has 2 saturated heterocycles. The summed E-state index contributed by atoms with van der Waals surface area (Å²) in [5.41, 5.74) is 2.08. The molecule has 1 aromatic heterocycles. The number of hydrogen-bond donors (Lipinski definition) is 2. The summed E-state index contributed by atoms with van der Waals surface area (Å²) in [4.78, 5) is 18.5. The van der Waals surface area contributed by atoms with E-state index in [-0.39, 0.29) is 12.0 Å². The largest absolute Gasteiger partial charge is 0.469 e. The smallest absolute Gasteiger partial charge is 0.227 e. The van der Waals surface area contributed by atoms with Crippen molar-refractivity contribution in [3.8, 4) is 0 Å². The number of hydrogen-bond acceptors (Lipinski definition) is 4. The second-order valence-corrected chi connectivity index (χ2v) is 7.75. The lowest BCUT2D eigenvalue weighted by Crippen LogP contribution is -2.41. The summed E-state index contributed by atoms with van der Waals surface area (Å²) in [5.74, 6) is 1.94. The average molecular weight is 411 g/mol. The van der Waals surface area contributed by atoms with Gasteiger partial charge in [-0.2, -0.15) is 0 Å². The summed E-state index contributed by atoms with van der Waals surface area (Å²) in [5, 5.41) is 6.79. The third-order valence-corrected chi connectivity index (χ3v) is 5.51. The molecule has 4 rings (SSSR count). The highest BCUT2D eigenvalue weighted by Crippen LogP contribution is 2.21. The summed E-state index contributed by atoms with van der Waals surface area (Å²) in [7, 11) is 0. The van der Waals surface area contributed by atoms with Gasteiger partial charge >= 0.3 is 0 Å². The normalized spacial score (nSPS) is 19.5. The fourth-order valence-corrected chi connectivity index (χ4v) is 3.82. The van der Waals surface area contributed by atoms with Crippen LogP contribution < -0.4 is 15.5 Å². The summed E-state index contributed by atoms with van der Waals surface area (Å²) >= 11 is 0. The predicted molar refractivity (Wildman–Crippen MR) is 117 cm³/mol. The molecule has 0 saturated carbocycles. The maximum atomic E-state index is 11.9. The quantitative estimate of drug-likeness (QED) is 0.517. The number of nitrogens with one attached hydrogen (secondary N) is 2. The standard InChI is InChI=1S/C23H30N4O3/c28-22-6-1-13-27(22)19-9-7-18(8-10-19)16-25-23(26-17-21-5-3-15-30-21)24-12-11-20-4-2-14-29-20/h2,4,7-10,14,21H,1,3,5-6,11-13,15-17H2,(H2,24,25,26). The maximum absolute atomic E-state index is 11.9. The molecule has 2 aliphatic heterocycles. The van der Waals surface area contributed by atoms with E-state index in [0.717, 1.165) is 74.9 Å². The maximum Gasteiger partial charge on any atom is 0.227 e. The molecule has 1 aromatic carbocycles. The van der Waals surface area contributed by atoms with Crippen LogP contribution in [0.3, 0.4) is 0 Å². The number of ether oxygens (including phenoxy) is 1. The molecule has 0 radical (unpaired) electrons. The van der Waals surface area contributed by atoms with Crippen LogP contribution in [0.25, 0.3) is 0 Å². The van der Waals surface area contributed by atoms with E-state index >= 15 is 0 Å². The van der Waals surface area contributed by atoms with Crippen molar-refractivity contribution in [3.63, 3.8) is 0 Å². The third kappa shape index (κ3) is 5.63. The van der Waals surface area contributed by atoms with Crippen molar-refractivity contribution in [1.82, 2.24) is 10.6 Å². The molecule has 7 nitrogen and oxygen atoms in total. The van der Waals surface area contributed by atoms with E-state index < -0.39 is 0 Å². The first kappa shape index (κ1) is 20.5. The van der Waals surface area contributed by atoms with Gasteiger partial charge in [-0.25, -0.2) is 4.99 Å². The van der Waals surface area contributed by atoms with Gasteiger partial charge in [-0.3, -0.25) is 4.79 Å². The first-order chi connectivity index (χ1) is 14.8. The van der Waals surface area contributed by atoms with Crippen LogP contribution in [0.5, 0.6) is 0 Å². The fourth-order valence-electron chi connectivity index (χ4n) is 3.82. The zero-order valence-electron chi connectivity index (χ0n) is 17.3. The van der Waals surface area contributed by atoms with Crippen LogP contribution in [0.2, 0.25) is 0 Å². The SMILES string of the molecule is O=C1CCCN1c1ccc(CN=C(NCCc2ccco2)NCC2CCCO2)cc1. The van der Waals surface area contributed by atoms with E-state index in [0.29, 0.717) is 13.0 Å². The molecule has 1 atom stereocenters. The van der Waals surface area contributed by atoms with Gasteiger partial charge in [0, 0.05) is 44.8 Å². The summed E-state index contributed by atoms with van der Waals surface area (Å²) < 4.78 is 11.1. The molecule has 2 aliphatic rings. The Hall–Kier alpha value is -2.80. The van der Waals surface area contributed by atoms with Crippen LogP contribution >= 0.6 is 0 Å². The molecule has 1 unspecified atom stereocenters. The minimum Gasteiger partial charge on any atom is -0.469 e. The minimum atomic E-state index is 0.210. The number of nitrogens with zero attached hydrogens (tertiary/aromatic N) is 2. The van der Waals surface area contributed by atoms with E-state index in [1.165, 1.54) is 0 Å². The number of aliphatic imine (C=N–C) groups is 1. The molecule has 2 fully saturated rings. The van der Waals surface area contributed by atoms with Gasteiger partial charge in [0.05, 0.1) is 18.9 Å². The monoisotopic (exact) mass is 410 g/mol. The van der Waals surface area contributed by atoms with Gasteiger partial charge in [-0.15, -0.1) is 0 Å². The number of carbonyl (C=O) groups excluding carboxylic acids is 1. The lowest BCUT2D eigenvalue weighted by atomic mass is 10.2. The first-order valence-corrected chi connectivity index (χ1v) is 10.8. The number of amides is 1. The highest BCUT2D eigenvalue weighted by molar-refractivity contribution is 5.95. The van der Waals surface area contributed by atoms with Gasteiger partial charge in [-0.05, 0) is 49.1 Å². The van der Waals surface area contributed by atoms with Crippen molar-refractivity contribution in [3.05, 3.63) is 54.0 Å². The average Bonchev–Trinajstić information content (AvgIpc) is 3.53. The minimum absolute atomic E-state index is 0.210. The molecule has 3 heterocycles. The van der Waals surface area contributed by atoms with Crippen LogP contribution in [-0.2, 0) is 22.5 Å². The van der Waals surface area contributed by atoms with Crippen LogP contribution in [0.15, 0.2) is 52.1 Å². The number of anilines is 1. The Morgan fingerprint density at radius 2 is 2.07 bits per heavy atom. The van der Waals surface area contributed by atoms with Gasteiger partial charge < -0.3 is 24.7 Å². The molecular weight excluding hydrogens is 380 g/mol. The molecule has 1 amide bonds. The first-order valence-electron chi connectivity index (χ1n) is 10.8. The van der Waals surface area contributed by atoms with Gasteiger partial charge in [-0.1, -0.05) is 12.1 Å². The zero-order chi connectivity index (χ0) is 20.6. The van der Waals surface area contributed by atoms with Crippen molar-refractivity contribution in [2.24, 2.45) is 4.99 Å². The Balaban J connectivity index is 1.33. The van der Waals surface area contributed by atoms with Crippen molar-refractivity contribution in [2.75, 3.05) is 31.1 Å². The van der Waals surface area contributed by atoms with Crippen LogP contribution in [-0.4, -0.2) is 44.2 Å². The van der Waals surface area contributed by atoms with Crippen molar-refractivity contribution in [2.45, 2.75) is 44.8 Å². The molecule has 2 aromatic rings. The van der Waals surface area contributed by atoms with Crippen LogP contribution in [0.4, 0.5) is 5.69 Å². The summed E-state index contributed by atoms with van der Waals surface area (Å²) in [6.07, 6.45) is 6.54. The summed E-state index contributed by atoms with van der Waals surface area (Å²) in [6, 6.07) is 12.0. The highest BCUT2D eigenvalue weighted by atomic mass is 16.5. The predicted octanol–water partition coefficient (Wildman–Crippen LogP) is 2.86. The Morgan fingerprint density at radius 1 is 1.17 bits per heavy atom. The lowest BCUT2D eigenvalue weighted by molar-refractivity contribution is -0.117. The van der Waals surface area contributed by atoms with E-state index in [1.54, 1.807) is 6.26 Å².